The highest BCUT2D eigenvalue weighted by atomic mass is 35.5. The molecule has 5 aliphatic rings. The Morgan fingerprint density at radius 1 is 1.17 bits per heavy atom. The van der Waals surface area contributed by atoms with Crippen LogP contribution in [-0.4, -0.2) is 24.3 Å². The number of ether oxygens (including phenoxy) is 1. The molecule has 0 amide bonds. The molecule has 4 aliphatic carbocycles. The van der Waals surface area contributed by atoms with Gasteiger partial charge in [0.05, 0.1) is 9.90 Å². The monoisotopic (exact) mass is 470 g/mol. The molecule has 2 aromatic rings. The minimum Gasteiger partial charge on any atom is -0.423 e. The predicted octanol–water partition coefficient (Wildman–Crippen LogP) is 5.70. The van der Waals surface area contributed by atoms with E-state index >= 15 is 0 Å². The molecule has 5 fully saturated rings. The van der Waals surface area contributed by atoms with Crippen molar-refractivity contribution in [2.45, 2.75) is 43.5 Å². The maximum Gasteiger partial charge on any atom is 0.373 e. The molecule has 0 radical (unpaired) electrons. The van der Waals surface area contributed by atoms with Gasteiger partial charge in [0.1, 0.15) is 5.75 Å². The van der Waals surface area contributed by atoms with Crippen LogP contribution in [-0.2, 0) is 24.9 Å². The van der Waals surface area contributed by atoms with E-state index in [0.717, 1.165) is 33.5 Å². The topological polar surface area (TPSA) is 74.2 Å². The zero-order valence-corrected chi connectivity index (χ0v) is 19.3. The first-order valence-electron chi connectivity index (χ1n) is 10.4. The van der Waals surface area contributed by atoms with Gasteiger partial charge >= 0.3 is 7.60 Å². The van der Waals surface area contributed by atoms with E-state index in [2.05, 4.69) is 0 Å². The van der Waals surface area contributed by atoms with Crippen LogP contribution in [0.3, 0.4) is 0 Å². The molecule has 1 spiro atoms. The van der Waals surface area contributed by atoms with Crippen molar-refractivity contribution in [2.75, 3.05) is 13.8 Å². The van der Waals surface area contributed by atoms with Crippen molar-refractivity contribution in [2.24, 2.45) is 23.7 Å². The molecular formula is C21H24ClO6PS. The summed E-state index contributed by atoms with van der Waals surface area (Å²) in [6.45, 7) is 1.14. The van der Waals surface area contributed by atoms with Crippen LogP contribution >= 0.6 is 30.5 Å². The van der Waals surface area contributed by atoms with Gasteiger partial charge < -0.3 is 14.2 Å². The molecule has 1 aliphatic heterocycles. The average molecular weight is 471 g/mol. The molecule has 1 aromatic heterocycles. The lowest BCUT2D eigenvalue weighted by Crippen LogP contribution is -2.76. The van der Waals surface area contributed by atoms with E-state index in [1.54, 1.807) is 24.5 Å². The molecule has 162 valence electrons. The van der Waals surface area contributed by atoms with Gasteiger partial charge in [0, 0.05) is 23.9 Å². The molecular weight excluding hydrogens is 447 g/mol. The first kappa shape index (κ1) is 20.0. The highest BCUT2D eigenvalue weighted by molar-refractivity contribution is 7.52. The molecule has 1 aromatic carbocycles. The summed E-state index contributed by atoms with van der Waals surface area (Å²) in [5.74, 6) is 1.72. The molecule has 30 heavy (non-hydrogen) atoms. The number of halogens is 1. The summed E-state index contributed by atoms with van der Waals surface area (Å²) in [7, 11) is -2.02. The molecule has 4 saturated carbocycles. The summed E-state index contributed by atoms with van der Waals surface area (Å²) in [4.78, 5) is 22.4. The Kier molecular flexibility index (Phi) is 4.29. The number of thiophene rings is 1. The molecule has 2 heterocycles. The van der Waals surface area contributed by atoms with Gasteiger partial charge in [0.2, 0.25) is 0 Å². The summed E-state index contributed by atoms with van der Waals surface area (Å²) in [5, 5.41) is 1.07. The first-order valence-corrected chi connectivity index (χ1v) is 13.6. The summed E-state index contributed by atoms with van der Waals surface area (Å²) >= 11 is 8.11. The highest BCUT2D eigenvalue weighted by Gasteiger charge is 2.77. The van der Waals surface area contributed by atoms with Crippen LogP contribution in [0, 0.1) is 23.7 Å². The van der Waals surface area contributed by atoms with Gasteiger partial charge in [0.15, 0.2) is 5.60 Å². The molecule has 6 nitrogen and oxygen atoms in total. The fourth-order valence-electron chi connectivity index (χ4n) is 6.77. The molecule has 2 unspecified atom stereocenters. The van der Waals surface area contributed by atoms with Crippen LogP contribution in [0.15, 0.2) is 18.2 Å². The van der Waals surface area contributed by atoms with Gasteiger partial charge in [-0.3, -0.25) is 0 Å². The quantitative estimate of drug-likeness (QED) is 0.456. The van der Waals surface area contributed by atoms with Crippen LogP contribution in [0.25, 0.3) is 10.1 Å². The van der Waals surface area contributed by atoms with E-state index in [1.807, 2.05) is 12.1 Å². The molecule has 2 atom stereocenters. The molecule has 9 heteroatoms. The van der Waals surface area contributed by atoms with Crippen molar-refractivity contribution in [3.8, 4) is 5.75 Å². The smallest absolute Gasteiger partial charge is 0.373 e. The SMILES string of the molecule is COC1(c2cc3c(Cl)c(OP(C)(=O)O)ccc3s2)OOC12C1CC3CC(C1)CC2C3. The number of hydrogen-bond donors (Lipinski definition) is 1. The minimum atomic E-state index is -3.71. The zero-order chi connectivity index (χ0) is 20.9. The third kappa shape index (κ3) is 2.54. The van der Waals surface area contributed by atoms with E-state index in [1.165, 1.54) is 32.1 Å². The Morgan fingerprint density at radius 3 is 2.37 bits per heavy atom. The van der Waals surface area contributed by atoms with Crippen LogP contribution in [0.1, 0.15) is 37.0 Å². The lowest BCUT2D eigenvalue weighted by atomic mass is 9.47. The summed E-state index contributed by atoms with van der Waals surface area (Å²) in [6.07, 6.45) is 6.05. The highest BCUT2D eigenvalue weighted by Crippen LogP contribution is 2.70. The Bertz CT molecular complexity index is 1050. The number of hydrogen-bond acceptors (Lipinski definition) is 6. The van der Waals surface area contributed by atoms with Crippen molar-refractivity contribution in [1.82, 2.24) is 0 Å². The van der Waals surface area contributed by atoms with Gasteiger partial charge in [-0.15, -0.1) is 11.3 Å². The second-order valence-corrected chi connectivity index (χ2v) is 12.6. The maximum absolute atomic E-state index is 11.7. The minimum absolute atomic E-state index is 0.198. The number of rotatable bonds is 4. The normalized spacial score (nSPS) is 41.2. The Morgan fingerprint density at radius 2 is 1.83 bits per heavy atom. The van der Waals surface area contributed by atoms with Crippen molar-refractivity contribution in [3.05, 3.63) is 28.1 Å². The van der Waals surface area contributed by atoms with Gasteiger partial charge in [-0.2, -0.15) is 4.89 Å². The van der Waals surface area contributed by atoms with E-state index in [4.69, 9.17) is 30.6 Å². The number of benzene rings is 1. The first-order chi connectivity index (χ1) is 14.3. The van der Waals surface area contributed by atoms with Crippen LogP contribution < -0.4 is 4.52 Å². The largest absolute Gasteiger partial charge is 0.423 e. The third-order valence-electron chi connectivity index (χ3n) is 7.64. The van der Waals surface area contributed by atoms with Gasteiger partial charge in [-0.25, -0.2) is 9.45 Å². The fourth-order valence-corrected chi connectivity index (χ4v) is 8.89. The maximum atomic E-state index is 11.7. The van der Waals surface area contributed by atoms with E-state index < -0.39 is 19.0 Å². The molecule has 1 saturated heterocycles. The standard InChI is InChI=1S/C21H24ClO6PS/c1-25-21(20(27-28-21)13-6-11-5-12(8-13)9-14(20)7-11)18-10-15-17(30-18)4-3-16(19(15)22)26-29(2,23)24/h3-4,10-14H,5-9H2,1-2H3,(H,23,24). The van der Waals surface area contributed by atoms with Gasteiger partial charge in [0.25, 0.3) is 5.79 Å². The second kappa shape index (κ2) is 6.44. The Hall–Kier alpha value is -0.660. The van der Waals surface area contributed by atoms with Crippen molar-refractivity contribution in [3.63, 3.8) is 0 Å². The second-order valence-electron chi connectivity index (χ2n) is 9.38. The van der Waals surface area contributed by atoms with Crippen LogP contribution in [0.2, 0.25) is 5.02 Å². The summed E-state index contributed by atoms with van der Waals surface area (Å²) in [5.41, 5.74) is -0.452. The zero-order valence-electron chi connectivity index (χ0n) is 16.8. The van der Waals surface area contributed by atoms with Crippen LogP contribution in [0.5, 0.6) is 5.75 Å². The Balaban J connectivity index is 1.44. The van der Waals surface area contributed by atoms with Crippen molar-refractivity contribution >= 4 is 40.6 Å². The van der Waals surface area contributed by atoms with E-state index in [0.29, 0.717) is 16.9 Å². The number of methoxy groups -OCH3 is 1. The predicted molar refractivity (Wildman–Crippen MR) is 114 cm³/mol. The summed E-state index contributed by atoms with van der Waals surface area (Å²) in [6, 6.07) is 5.45. The molecule has 7 rings (SSSR count). The number of fused-ring (bicyclic) bond motifs is 1. The van der Waals surface area contributed by atoms with E-state index in [9.17, 15) is 9.46 Å². The van der Waals surface area contributed by atoms with Gasteiger partial charge in [-0.1, -0.05) is 11.6 Å². The lowest BCUT2D eigenvalue weighted by molar-refractivity contribution is -0.644. The Labute approximate surface area is 183 Å². The van der Waals surface area contributed by atoms with Crippen LogP contribution in [0.4, 0.5) is 0 Å². The van der Waals surface area contributed by atoms with Crippen molar-refractivity contribution < 1.29 is 28.5 Å². The van der Waals surface area contributed by atoms with Gasteiger partial charge in [-0.05, 0) is 74.0 Å². The lowest BCUT2D eigenvalue weighted by Gasteiger charge is -2.68. The van der Waals surface area contributed by atoms with E-state index in [-0.39, 0.29) is 5.75 Å². The molecule has 1 N–H and O–H groups in total. The third-order valence-corrected chi connectivity index (χ3v) is 9.75. The average Bonchev–Trinajstić information content (AvgIpc) is 3.08. The van der Waals surface area contributed by atoms with Crippen molar-refractivity contribution in [1.29, 1.82) is 0 Å². The summed E-state index contributed by atoms with van der Waals surface area (Å²) < 4.78 is 24.0. The molecule has 4 bridgehead atoms. The fraction of sp³-hybridized carbons (Fsp3) is 0.619.